The molecule has 0 fully saturated rings. The Kier molecular flexibility index (Phi) is 7.11. The summed E-state index contributed by atoms with van der Waals surface area (Å²) in [4.78, 5) is 8.22. The third kappa shape index (κ3) is 6.72. The summed E-state index contributed by atoms with van der Waals surface area (Å²) in [5, 5.41) is 0. The minimum absolute atomic E-state index is 0.0362. The van der Waals surface area contributed by atoms with Crippen molar-refractivity contribution in [1.82, 2.24) is 9.97 Å². The molecule has 0 atom stereocenters. The molecule has 36 heavy (non-hydrogen) atoms. The van der Waals surface area contributed by atoms with E-state index in [1.54, 1.807) is 54.7 Å². The first-order chi connectivity index (χ1) is 17.1. The third-order valence-electron chi connectivity index (χ3n) is 4.82. The number of halogens is 3. The maximum absolute atomic E-state index is 13.0. The molecular formula is C25H20F3N3O4S. The van der Waals surface area contributed by atoms with E-state index in [1.807, 2.05) is 0 Å². The van der Waals surface area contributed by atoms with Gasteiger partial charge in [0.2, 0.25) is 15.9 Å². The molecule has 2 aromatic heterocycles. The molecule has 7 nitrogen and oxygen atoms in total. The summed E-state index contributed by atoms with van der Waals surface area (Å²) in [7, 11) is -3.64. The number of nitrogens with one attached hydrogen (secondary N) is 1. The number of nitrogens with zero attached hydrogens (tertiary/aromatic N) is 2. The van der Waals surface area contributed by atoms with Crippen molar-refractivity contribution in [3.8, 4) is 28.5 Å². The monoisotopic (exact) mass is 515 g/mol. The van der Waals surface area contributed by atoms with Crippen LogP contribution >= 0.6 is 0 Å². The van der Waals surface area contributed by atoms with Crippen LogP contribution < -0.4 is 14.2 Å². The number of alkyl halides is 3. The fourth-order valence-electron chi connectivity index (χ4n) is 3.25. The van der Waals surface area contributed by atoms with Crippen LogP contribution in [-0.2, 0) is 22.8 Å². The molecule has 0 unspecified atom stereocenters. The van der Waals surface area contributed by atoms with E-state index >= 15 is 0 Å². The Hall–Kier alpha value is -4.12. The molecule has 0 bridgehead atoms. The van der Waals surface area contributed by atoms with E-state index in [9.17, 15) is 21.6 Å². The summed E-state index contributed by atoms with van der Waals surface area (Å²) in [6.45, 7) is -0.0651. The Morgan fingerprint density at radius 1 is 0.917 bits per heavy atom. The number of ether oxygens (including phenoxy) is 2. The highest BCUT2D eigenvalue weighted by atomic mass is 32.2. The molecule has 0 amide bonds. The Balaban J connectivity index is 1.57. The largest absolute Gasteiger partial charge is 0.489 e. The Morgan fingerprint density at radius 3 is 2.42 bits per heavy atom. The van der Waals surface area contributed by atoms with Gasteiger partial charge in [0.05, 0.1) is 18.0 Å². The van der Waals surface area contributed by atoms with Gasteiger partial charge in [-0.25, -0.2) is 13.4 Å². The molecule has 0 aliphatic heterocycles. The highest BCUT2D eigenvalue weighted by Crippen LogP contribution is 2.33. The number of pyridine rings is 2. The number of benzene rings is 2. The molecular weight excluding hydrogens is 495 g/mol. The van der Waals surface area contributed by atoms with E-state index in [0.29, 0.717) is 28.2 Å². The van der Waals surface area contributed by atoms with Crippen molar-refractivity contribution < 1.29 is 31.1 Å². The molecule has 11 heteroatoms. The molecule has 0 aliphatic rings. The van der Waals surface area contributed by atoms with E-state index in [0.717, 1.165) is 18.4 Å². The molecule has 4 aromatic rings. The molecule has 186 valence electrons. The van der Waals surface area contributed by atoms with Crippen molar-refractivity contribution in [2.24, 2.45) is 0 Å². The van der Waals surface area contributed by atoms with Gasteiger partial charge in [0.25, 0.3) is 0 Å². The van der Waals surface area contributed by atoms with Gasteiger partial charge in [-0.2, -0.15) is 13.2 Å². The summed E-state index contributed by atoms with van der Waals surface area (Å²) in [6, 6.07) is 16.6. The number of hydrogen-bond acceptors (Lipinski definition) is 6. The summed E-state index contributed by atoms with van der Waals surface area (Å²) in [5.74, 6) is 0.826. The number of anilines is 1. The Morgan fingerprint density at radius 2 is 1.69 bits per heavy atom. The van der Waals surface area contributed by atoms with E-state index < -0.39 is 21.8 Å². The minimum Gasteiger partial charge on any atom is -0.489 e. The van der Waals surface area contributed by atoms with Crippen molar-refractivity contribution >= 4 is 15.7 Å². The van der Waals surface area contributed by atoms with Gasteiger partial charge in [-0.15, -0.1) is 0 Å². The van der Waals surface area contributed by atoms with E-state index in [-0.39, 0.29) is 18.2 Å². The molecule has 2 aromatic carbocycles. The average molecular weight is 516 g/mol. The fraction of sp³-hybridized carbons (Fsp3) is 0.120. The van der Waals surface area contributed by atoms with Crippen molar-refractivity contribution in [3.05, 3.63) is 96.4 Å². The second kappa shape index (κ2) is 10.2. The van der Waals surface area contributed by atoms with Gasteiger partial charge < -0.3 is 9.47 Å². The minimum atomic E-state index is -4.44. The lowest BCUT2D eigenvalue weighted by atomic mass is 10.1. The quantitative estimate of drug-likeness (QED) is 0.314. The molecule has 2 heterocycles. The predicted molar refractivity (Wildman–Crippen MR) is 128 cm³/mol. The lowest BCUT2D eigenvalue weighted by Crippen LogP contribution is -2.11. The van der Waals surface area contributed by atoms with Crippen LogP contribution in [0.1, 0.15) is 11.1 Å². The Labute approximate surface area is 205 Å². The maximum atomic E-state index is 13.0. The van der Waals surface area contributed by atoms with Crippen molar-refractivity contribution in [2.45, 2.75) is 12.8 Å². The smallest absolute Gasteiger partial charge is 0.416 e. The lowest BCUT2D eigenvalue weighted by molar-refractivity contribution is -0.137. The van der Waals surface area contributed by atoms with Crippen LogP contribution in [0.15, 0.2) is 85.3 Å². The summed E-state index contributed by atoms with van der Waals surface area (Å²) < 4.78 is 76.5. The van der Waals surface area contributed by atoms with Crippen LogP contribution in [0.25, 0.3) is 11.1 Å². The van der Waals surface area contributed by atoms with Gasteiger partial charge in [0.1, 0.15) is 23.8 Å². The van der Waals surface area contributed by atoms with Crippen molar-refractivity contribution in [2.75, 3.05) is 11.0 Å². The van der Waals surface area contributed by atoms with Gasteiger partial charge in [0, 0.05) is 18.0 Å². The fourth-order valence-corrected chi connectivity index (χ4v) is 3.80. The van der Waals surface area contributed by atoms with Gasteiger partial charge in [-0.05, 0) is 53.6 Å². The highest BCUT2D eigenvalue weighted by Gasteiger charge is 2.30. The topological polar surface area (TPSA) is 90.4 Å². The second-order valence-corrected chi connectivity index (χ2v) is 9.50. The third-order valence-corrected chi connectivity index (χ3v) is 5.41. The number of aromatic nitrogens is 2. The SMILES string of the molecule is CS(=O)(=O)Nc1cc(-c2cccc(OCc3cccc(C(F)(F)F)c3)c2)cnc1Oc1cccnc1. The predicted octanol–water partition coefficient (Wildman–Crippen LogP) is 5.91. The van der Waals surface area contributed by atoms with Crippen LogP contribution in [0.4, 0.5) is 18.9 Å². The van der Waals surface area contributed by atoms with Crippen LogP contribution in [0.2, 0.25) is 0 Å². The molecule has 4 rings (SSSR count). The van der Waals surface area contributed by atoms with Crippen LogP contribution in [-0.4, -0.2) is 24.6 Å². The first-order valence-electron chi connectivity index (χ1n) is 10.5. The van der Waals surface area contributed by atoms with Crippen LogP contribution in [0.5, 0.6) is 17.4 Å². The van der Waals surface area contributed by atoms with Gasteiger partial charge in [-0.3, -0.25) is 9.71 Å². The zero-order valence-corrected chi connectivity index (χ0v) is 19.7. The zero-order chi connectivity index (χ0) is 25.8. The van der Waals surface area contributed by atoms with E-state index in [1.165, 1.54) is 18.5 Å². The molecule has 0 saturated heterocycles. The van der Waals surface area contributed by atoms with Gasteiger partial charge >= 0.3 is 6.18 Å². The number of sulfonamides is 1. The van der Waals surface area contributed by atoms with Gasteiger partial charge in [-0.1, -0.05) is 24.3 Å². The molecule has 0 spiro atoms. The number of hydrogen-bond donors (Lipinski definition) is 1. The highest BCUT2D eigenvalue weighted by molar-refractivity contribution is 7.92. The lowest BCUT2D eigenvalue weighted by Gasteiger charge is -2.13. The van der Waals surface area contributed by atoms with Crippen molar-refractivity contribution in [3.63, 3.8) is 0 Å². The molecule has 0 radical (unpaired) electrons. The van der Waals surface area contributed by atoms with E-state index in [4.69, 9.17) is 9.47 Å². The average Bonchev–Trinajstić information content (AvgIpc) is 2.83. The summed E-state index contributed by atoms with van der Waals surface area (Å²) in [6.07, 6.45) is 1.11. The maximum Gasteiger partial charge on any atom is 0.416 e. The standard InChI is InChI=1S/C25H20F3N3O4S/c1-36(32,33)31-23-13-19(14-30-24(23)35-22-9-4-10-29-15-22)18-6-3-8-21(12-18)34-16-17-5-2-7-20(11-17)25(26,27)28/h2-15,31H,16H2,1H3. The zero-order valence-electron chi connectivity index (χ0n) is 18.9. The second-order valence-electron chi connectivity index (χ2n) is 7.76. The number of rotatable bonds is 8. The normalized spacial score (nSPS) is 11.7. The molecule has 1 N–H and O–H groups in total. The molecule has 0 saturated carbocycles. The molecule has 0 aliphatic carbocycles. The summed E-state index contributed by atoms with van der Waals surface area (Å²) in [5.41, 5.74) is 0.947. The van der Waals surface area contributed by atoms with E-state index in [2.05, 4.69) is 14.7 Å². The first kappa shape index (κ1) is 25.0. The Bertz CT molecular complexity index is 1460. The first-order valence-corrected chi connectivity index (χ1v) is 12.4. The van der Waals surface area contributed by atoms with Crippen molar-refractivity contribution in [1.29, 1.82) is 0 Å². The van der Waals surface area contributed by atoms with Crippen LogP contribution in [0.3, 0.4) is 0 Å². The summed E-state index contributed by atoms with van der Waals surface area (Å²) >= 11 is 0. The van der Waals surface area contributed by atoms with Gasteiger partial charge in [0.15, 0.2) is 0 Å². The van der Waals surface area contributed by atoms with Crippen LogP contribution in [0, 0.1) is 0 Å².